The second kappa shape index (κ2) is 7.02. The van der Waals surface area contributed by atoms with Gasteiger partial charge in [-0.15, -0.1) is 0 Å². The van der Waals surface area contributed by atoms with Crippen molar-refractivity contribution in [2.24, 2.45) is 11.8 Å². The Morgan fingerprint density at radius 3 is 2.45 bits per heavy atom. The minimum atomic E-state index is -1.63. The molecule has 4 unspecified atom stereocenters. The molecule has 4 atom stereocenters. The summed E-state index contributed by atoms with van der Waals surface area (Å²) in [6.07, 6.45) is 1.85. The summed E-state index contributed by atoms with van der Waals surface area (Å²) in [4.78, 5) is 41.9. The van der Waals surface area contributed by atoms with Crippen LogP contribution in [-0.4, -0.2) is 33.4 Å². The van der Waals surface area contributed by atoms with Crippen LogP contribution in [0.3, 0.4) is 0 Å². The van der Waals surface area contributed by atoms with Gasteiger partial charge < -0.3 is 10.1 Å². The standard InChI is InChI=1S/C26H21N3O4/c30-23-20-21(24(31)28-23)26(25(32)33,12-15-13-27-19-11-4-3-9-17(15)19)29-22(20)18-10-5-7-14-6-1-2-8-16(14)18/h1-11,13,20-22,27,29H,12H2,(H,32,33)(H,28,30,31). The molecular weight excluding hydrogens is 418 g/mol. The molecule has 2 amide bonds. The van der Waals surface area contributed by atoms with E-state index >= 15 is 0 Å². The van der Waals surface area contributed by atoms with E-state index in [1.807, 2.05) is 66.7 Å². The van der Waals surface area contributed by atoms with Gasteiger partial charge >= 0.3 is 5.97 Å². The third kappa shape index (κ3) is 2.75. The van der Waals surface area contributed by atoms with Crippen molar-refractivity contribution in [2.45, 2.75) is 18.0 Å². The van der Waals surface area contributed by atoms with E-state index in [-0.39, 0.29) is 6.42 Å². The molecule has 0 aliphatic carbocycles. The van der Waals surface area contributed by atoms with Gasteiger partial charge in [0.25, 0.3) is 0 Å². The first-order chi connectivity index (χ1) is 16.0. The second-order valence-electron chi connectivity index (χ2n) is 8.86. The van der Waals surface area contributed by atoms with Gasteiger partial charge in [-0.3, -0.25) is 25.0 Å². The minimum absolute atomic E-state index is 0.0650. The van der Waals surface area contributed by atoms with Gasteiger partial charge in [-0.1, -0.05) is 60.7 Å². The maximum Gasteiger partial charge on any atom is 0.325 e. The number of rotatable bonds is 4. The molecule has 33 heavy (non-hydrogen) atoms. The Bertz CT molecular complexity index is 1450. The predicted octanol–water partition coefficient (Wildman–Crippen LogP) is 2.92. The van der Waals surface area contributed by atoms with E-state index in [1.54, 1.807) is 6.20 Å². The quantitative estimate of drug-likeness (QED) is 0.366. The van der Waals surface area contributed by atoms with Crippen LogP contribution >= 0.6 is 0 Å². The average molecular weight is 439 g/mol. The Morgan fingerprint density at radius 2 is 1.64 bits per heavy atom. The SMILES string of the molecule is O=C1NC(=O)C2C1C(c1cccc3ccccc13)NC2(Cc1c[nH]c2ccccc12)C(=O)O. The Labute approximate surface area is 188 Å². The first kappa shape index (κ1) is 19.7. The van der Waals surface area contributed by atoms with Crippen molar-refractivity contribution in [1.29, 1.82) is 0 Å². The highest BCUT2D eigenvalue weighted by Crippen LogP contribution is 2.49. The third-order valence-corrected chi connectivity index (χ3v) is 7.18. The zero-order valence-electron chi connectivity index (χ0n) is 17.5. The lowest BCUT2D eigenvalue weighted by Gasteiger charge is -2.30. The number of fused-ring (bicyclic) bond motifs is 3. The maximum absolute atomic E-state index is 13.0. The number of nitrogens with one attached hydrogen (secondary N) is 3. The molecule has 7 nitrogen and oxygen atoms in total. The van der Waals surface area contributed by atoms with Crippen LogP contribution in [0.15, 0.2) is 72.9 Å². The van der Waals surface area contributed by atoms with Gasteiger partial charge in [-0.25, -0.2) is 0 Å². The molecule has 3 heterocycles. The molecule has 2 aliphatic rings. The van der Waals surface area contributed by atoms with Crippen molar-refractivity contribution in [3.63, 3.8) is 0 Å². The summed E-state index contributed by atoms with van der Waals surface area (Å²) in [6.45, 7) is 0. The fourth-order valence-electron chi connectivity index (χ4n) is 5.73. The minimum Gasteiger partial charge on any atom is -0.480 e. The monoisotopic (exact) mass is 439 g/mol. The highest BCUT2D eigenvalue weighted by Gasteiger charge is 2.66. The molecule has 4 aromatic rings. The molecule has 2 aliphatic heterocycles. The average Bonchev–Trinajstić information content (AvgIpc) is 3.47. The van der Waals surface area contributed by atoms with Gasteiger partial charge in [0.05, 0.1) is 11.8 Å². The predicted molar refractivity (Wildman–Crippen MR) is 122 cm³/mol. The molecule has 0 spiro atoms. The number of carboxylic acids is 1. The van der Waals surface area contributed by atoms with Crippen LogP contribution in [0.2, 0.25) is 0 Å². The molecule has 164 valence electrons. The highest BCUT2D eigenvalue weighted by molar-refractivity contribution is 6.10. The number of carboxylic acid groups (broad SMARTS) is 1. The molecule has 3 aromatic carbocycles. The van der Waals surface area contributed by atoms with Crippen molar-refractivity contribution in [3.05, 3.63) is 84.1 Å². The van der Waals surface area contributed by atoms with Crippen LogP contribution in [0, 0.1) is 11.8 Å². The van der Waals surface area contributed by atoms with E-state index in [0.29, 0.717) is 0 Å². The van der Waals surface area contributed by atoms with E-state index in [2.05, 4.69) is 15.6 Å². The number of hydrogen-bond acceptors (Lipinski definition) is 4. The molecule has 2 fully saturated rings. The van der Waals surface area contributed by atoms with Crippen molar-refractivity contribution < 1.29 is 19.5 Å². The number of imide groups is 1. The molecule has 7 heteroatoms. The number of carbonyl (C=O) groups excluding carboxylic acids is 2. The number of para-hydroxylation sites is 1. The first-order valence-corrected chi connectivity index (χ1v) is 10.9. The molecule has 1 aromatic heterocycles. The number of aliphatic carboxylic acids is 1. The van der Waals surface area contributed by atoms with E-state index in [1.165, 1.54) is 0 Å². The van der Waals surface area contributed by atoms with Gasteiger partial charge in [0.15, 0.2) is 0 Å². The summed E-state index contributed by atoms with van der Waals surface area (Å²) in [5, 5.41) is 19.0. The van der Waals surface area contributed by atoms with Crippen LogP contribution in [0.1, 0.15) is 17.2 Å². The Balaban J connectivity index is 1.52. The topological polar surface area (TPSA) is 111 Å². The Morgan fingerprint density at radius 1 is 0.909 bits per heavy atom. The third-order valence-electron chi connectivity index (χ3n) is 7.18. The Kier molecular flexibility index (Phi) is 4.19. The van der Waals surface area contributed by atoms with Crippen molar-refractivity contribution in [3.8, 4) is 0 Å². The second-order valence-corrected chi connectivity index (χ2v) is 8.86. The van der Waals surface area contributed by atoms with Crippen molar-refractivity contribution in [2.75, 3.05) is 0 Å². The summed E-state index contributed by atoms with van der Waals surface area (Å²) in [6, 6.07) is 20.6. The summed E-state index contributed by atoms with van der Waals surface area (Å²) in [7, 11) is 0. The number of benzene rings is 3. The highest BCUT2D eigenvalue weighted by atomic mass is 16.4. The number of carbonyl (C=O) groups is 3. The summed E-state index contributed by atoms with van der Waals surface area (Å²) in [5.41, 5.74) is 0.855. The van der Waals surface area contributed by atoms with Crippen LogP contribution in [0.5, 0.6) is 0 Å². The fourth-order valence-corrected chi connectivity index (χ4v) is 5.73. The van der Waals surface area contributed by atoms with Crippen molar-refractivity contribution >= 4 is 39.5 Å². The smallest absolute Gasteiger partial charge is 0.325 e. The number of H-pyrrole nitrogens is 1. The summed E-state index contributed by atoms with van der Waals surface area (Å²) >= 11 is 0. The summed E-state index contributed by atoms with van der Waals surface area (Å²) in [5.74, 6) is -3.96. The van der Waals surface area contributed by atoms with E-state index < -0.39 is 41.2 Å². The molecular formula is C26H21N3O4. The van der Waals surface area contributed by atoms with Gasteiger partial charge in [0, 0.05) is 29.6 Å². The molecule has 6 rings (SSSR count). The van der Waals surface area contributed by atoms with Crippen LogP contribution in [-0.2, 0) is 20.8 Å². The number of amides is 2. The molecule has 0 saturated carbocycles. The van der Waals surface area contributed by atoms with Crippen LogP contribution in [0.4, 0.5) is 0 Å². The zero-order valence-corrected chi connectivity index (χ0v) is 17.5. The van der Waals surface area contributed by atoms with E-state index in [9.17, 15) is 19.5 Å². The van der Waals surface area contributed by atoms with Gasteiger partial charge in [0.2, 0.25) is 11.8 Å². The fraction of sp³-hybridized carbons (Fsp3) is 0.192. The van der Waals surface area contributed by atoms with E-state index in [4.69, 9.17) is 0 Å². The number of hydrogen-bond donors (Lipinski definition) is 4. The van der Waals surface area contributed by atoms with Crippen molar-refractivity contribution in [1.82, 2.24) is 15.6 Å². The van der Waals surface area contributed by atoms with Crippen LogP contribution < -0.4 is 10.6 Å². The number of aromatic amines is 1. The van der Waals surface area contributed by atoms with Crippen LogP contribution in [0.25, 0.3) is 21.7 Å². The van der Waals surface area contributed by atoms with Gasteiger partial charge in [-0.2, -0.15) is 0 Å². The lowest BCUT2D eigenvalue weighted by Crippen LogP contribution is -2.57. The number of aromatic nitrogens is 1. The molecule has 2 saturated heterocycles. The lowest BCUT2D eigenvalue weighted by molar-refractivity contribution is -0.149. The Hall–Kier alpha value is -3.97. The lowest BCUT2D eigenvalue weighted by atomic mass is 9.76. The zero-order chi connectivity index (χ0) is 22.7. The van der Waals surface area contributed by atoms with Gasteiger partial charge in [-0.05, 0) is 28.0 Å². The molecule has 0 radical (unpaired) electrons. The largest absolute Gasteiger partial charge is 0.480 e. The first-order valence-electron chi connectivity index (χ1n) is 10.9. The van der Waals surface area contributed by atoms with Gasteiger partial charge in [0.1, 0.15) is 5.54 Å². The molecule has 4 N–H and O–H groups in total. The maximum atomic E-state index is 13.0. The normalized spacial score (nSPS) is 26.6. The van der Waals surface area contributed by atoms with E-state index in [0.717, 1.165) is 32.8 Å². The molecule has 0 bridgehead atoms. The summed E-state index contributed by atoms with van der Waals surface area (Å²) < 4.78 is 0.